The number of nitrogens with one attached hydrogen (secondary N) is 1. The van der Waals surface area contributed by atoms with E-state index < -0.39 is 0 Å². The van der Waals surface area contributed by atoms with Crippen LogP contribution >= 0.6 is 0 Å². The van der Waals surface area contributed by atoms with Crippen molar-refractivity contribution in [2.45, 2.75) is 20.0 Å². The van der Waals surface area contributed by atoms with E-state index in [0.717, 1.165) is 5.56 Å². The predicted molar refractivity (Wildman–Crippen MR) is 63.3 cm³/mol. The van der Waals surface area contributed by atoms with Gasteiger partial charge in [0, 0.05) is 31.7 Å². The summed E-state index contributed by atoms with van der Waals surface area (Å²) in [6.45, 7) is 3.13. The van der Waals surface area contributed by atoms with Crippen molar-refractivity contribution >= 4 is 5.91 Å². The van der Waals surface area contributed by atoms with Crippen molar-refractivity contribution in [2.75, 3.05) is 0 Å². The molecule has 0 atom stereocenters. The lowest BCUT2D eigenvalue weighted by molar-refractivity contribution is 0.0940. The molecule has 0 aliphatic carbocycles. The smallest absolute Gasteiger partial charge is 0.269 e. The number of aromatic nitrogens is 3. The zero-order valence-corrected chi connectivity index (χ0v) is 9.63. The minimum absolute atomic E-state index is 0.110. The molecule has 2 aromatic rings. The van der Waals surface area contributed by atoms with Gasteiger partial charge in [-0.05, 0) is 30.7 Å². The quantitative estimate of drug-likeness (QED) is 0.859. The second-order valence-corrected chi connectivity index (χ2v) is 3.57. The summed E-state index contributed by atoms with van der Waals surface area (Å²) in [7, 11) is 0. The maximum Gasteiger partial charge on any atom is 0.269 e. The summed E-state index contributed by atoms with van der Waals surface area (Å²) in [5, 5.41) is 6.91. The van der Waals surface area contributed by atoms with Crippen LogP contribution < -0.4 is 5.32 Å². The Balaban J connectivity index is 1.98. The molecule has 0 bridgehead atoms. The van der Waals surface area contributed by atoms with E-state index in [4.69, 9.17) is 0 Å². The standard InChI is InChI=1S/C12H14N4O/c1-2-16-11(5-8-15-16)12(17)14-9-10-3-6-13-7-4-10/h3-8H,2,9H2,1H3,(H,14,17). The van der Waals surface area contributed by atoms with Crippen LogP contribution in [0.4, 0.5) is 0 Å². The summed E-state index contributed by atoms with van der Waals surface area (Å²) >= 11 is 0. The number of hydrogen-bond acceptors (Lipinski definition) is 3. The van der Waals surface area contributed by atoms with Gasteiger partial charge in [0.25, 0.3) is 5.91 Å². The first-order valence-corrected chi connectivity index (χ1v) is 5.50. The van der Waals surface area contributed by atoms with E-state index in [1.165, 1.54) is 0 Å². The first-order chi connectivity index (χ1) is 8.31. The first kappa shape index (κ1) is 11.3. The van der Waals surface area contributed by atoms with Crippen LogP contribution in [-0.4, -0.2) is 20.7 Å². The summed E-state index contributed by atoms with van der Waals surface area (Å²) in [4.78, 5) is 15.8. The molecule has 0 saturated carbocycles. The van der Waals surface area contributed by atoms with E-state index >= 15 is 0 Å². The fourth-order valence-electron chi connectivity index (χ4n) is 1.55. The highest BCUT2D eigenvalue weighted by molar-refractivity contribution is 5.92. The molecular formula is C12H14N4O. The second kappa shape index (κ2) is 5.25. The summed E-state index contributed by atoms with van der Waals surface area (Å²) in [6, 6.07) is 5.46. The van der Waals surface area contributed by atoms with Gasteiger partial charge in [-0.2, -0.15) is 5.10 Å². The fraction of sp³-hybridized carbons (Fsp3) is 0.250. The van der Waals surface area contributed by atoms with Crippen LogP contribution in [0.5, 0.6) is 0 Å². The van der Waals surface area contributed by atoms with Crippen molar-refractivity contribution < 1.29 is 4.79 Å². The van der Waals surface area contributed by atoms with E-state index in [0.29, 0.717) is 18.8 Å². The summed E-state index contributed by atoms with van der Waals surface area (Å²) in [5.74, 6) is -0.110. The minimum atomic E-state index is -0.110. The third-order valence-corrected chi connectivity index (χ3v) is 2.45. The summed E-state index contributed by atoms with van der Waals surface area (Å²) < 4.78 is 1.67. The molecule has 0 aliphatic heterocycles. The molecule has 2 rings (SSSR count). The van der Waals surface area contributed by atoms with Gasteiger partial charge in [0.1, 0.15) is 5.69 Å². The van der Waals surface area contributed by atoms with Crippen LogP contribution in [0.15, 0.2) is 36.8 Å². The van der Waals surface area contributed by atoms with Crippen LogP contribution in [0.3, 0.4) is 0 Å². The predicted octanol–water partition coefficient (Wildman–Crippen LogP) is 1.23. The largest absolute Gasteiger partial charge is 0.347 e. The Morgan fingerprint density at radius 2 is 2.06 bits per heavy atom. The zero-order valence-electron chi connectivity index (χ0n) is 9.63. The zero-order chi connectivity index (χ0) is 12.1. The van der Waals surface area contributed by atoms with E-state index in [9.17, 15) is 4.79 Å². The molecule has 17 heavy (non-hydrogen) atoms. The van der Waals surface area contributed by atoms with Crippen LogP contribution in [0.2, 0.25) is 0 Å². The number of amides is 1. The van der Waals surface area contributed by atoms with E-state index in [2.05, 4.69) is 15.4 Å². The minimum Gasteiger partial charge on any atom is -0.347 e. The molecule has 1 N–H and O–H groups in total. The van der Waals surface area contributed by atoms with Gasteiger partial charge in [-0.3, -0.25) is 14.5 Å². The topological polar surface area (TPSA) is 59.8 Å². The van der Waals surface area contributed by atoms with Crippen molar-refractivity contribution in [1.29, 1.82) is 0 Å². The molecule has 2 heterocycles. The average Bonchev–Trinajstić information content (AvgIpc) is 2.85. The Hall–Kier alpha value is -2.17. The maximum absolute atomic E-state index is 11.9. The number of pyridine rings is 1. The van der Waals surface area contributed by atoms with Crippen molar-refractivity contribution in [2.24, 2.45) is 0 Å². The number of carbonyl (C=O) groups excluding carboxylic acids is 1. The molecule has 88 valence electrons. The summed E-state index contributed by atoms with van der Waals surface area (Å²) in [6.07, 6.45) is 5.04. The van der Waals surface area contributed by atoms with Gasteiger partial charge in [-0.15, -0.1) is 0 Å². The Bertz CT molecular complexity index is 492. The molecule has 0 fully saturated rings. The molecule has 0 unspecified atom stereocenters. The highest BCUT2D eigenvalue weighted by atomic mass is 16.2. The van der Waals surface area contributed by atoms with Gasteiger partial charge < -0.3 is 5.32 Å². The Labute approximate surface area is 99.5 Å². The SMILES string of the molecule is CCn1nccc1C(=O)NCc1ccncc1. The van der Waals surface area contributed by atoms with Gasteiger partial charge in [-0.25, -0.2) is 0 Å². The fourth-order valence-corrected chi connectivity index (χ4v) is 1.55. The van der Waals surface area contributed by atoms with Gasteiger partial charge in [-0.1, -0.05) is 0 Å². The molecule has 0 radical (unpaired) electrons. The van der Waals surface area contributed by atoms with Crippen molar-refractivity contribution in [3.05, 3.63) is 48.0 Å². The third kappa shape index (κ3) is 2.69. The number of aryl methyl sites for hydroxylation is 1. The number of nitrogens with zero attached hydrogens (tertiary/aromatic N) is 3. The second-order valence-electron chi connectivity index (χ2n) is 3.57. The molecule has 5 nitrogen and oxygen atoms in total. The van der Waals surface area contributed by atoms with Gasteiger partial charge in [0.05, 0.1) is 0 Å². The highest BCUT2D eigenvalue weighted by Crippen LogP contribution is 2.00. The Morgan fingerprint density at radius 3 is 2.76 bits per heavy atom. The molecule has 5 heteroatoms. The molecule has 0 spiro atoms. The number of hydrogen-bond donors (Lipinski definition) is 1. The molecule has 0 saturated heterocycles. The lowest BCUT2D eigenvalue weighted by Gasteiger charge is -2.06. The lowest BCUT2D eigenvalue weighted by atomic mass is 10.2. The summed E-state index contributed by atoms with van der Waals surface area (Å²) in [5.41, 5.74) is 1.61. The highest BCUT2D eigenvalue weighted by Gasteiger charge is 2.09. The van der Waals surface area contributed by atoms with Gasteiger partial charge in [0.15, 0.2) is 0 Å². The van der Waals surface area contributed by atoms with Crippen molar-refractivity contribution in [3.8, 4) is 0 Å². The number of rotatable bonds is 4. The average molecular weight is 230 g/mol. The van der Waals surface area contributed by atoms with Crippen LogP contribution in [0.1, 0.15) is 23.0 Å². The Kier molecular flexibility index (Phi) is 3.49. The Morgan fingerprint density at radius 1 is 1.29 bits per heavy atom. The molecule has 0 aromatic carbocycles. The van der Waals surface area contributed by atoms with E-state index in [1.54, 1.807) is 29.3 Å². The lowest BCUT2D eigenvalue weighted by Crippen LogP contribution is -2.25. The molecule has 2 aromatic heterocycles. The first-order valence-electron chi connectivity index (χ1n) is 5.50. The van der Waals surface area contributed by atoms with Crippen LogP contribution in [0.25, 0.3) is 0 Å². The third-order valence-electron chi connectivity index (χ3n) is 2.45. The van der Waals surface area contributed by atoms with Gasteiger partial charge >= 0.3 is 0 Å². The monoisotopic (exact) mass is 230 g/mol. The van der Waals surface area contributed by atoms with Gasteiger partial charge in [0.2, 0.25) is 0 Å². The van der Waals surface area contributed by atoms with Crippen molar-refractivity contribution in [3.63, 3.8) is 0 Å². The van der Waals surface area contributed by atoms with Crippen LogP contribution in [0, 0.1) is 0 Å². The molecule has 0 aliphatic rings. The van der Waals surface area contributed by atoms with E-state index in [-0.39, 0.29) is 5.91 Å². The molecule has 1 amide bonds. The van der Waals surface area contributed by atoms with Crippen LogP contribution in [-0.2, 0) is 13.1 Å². The van der Waals surface area contributed by atoms with E-state index in [1.807, 2.05) is 19.1 Å². The maximum atomic E-state index is 11.9. The normalized spacial score (nSPS) is 10.2. The molecular weight excluding hydrogens is 216 g/mol. The van der Waals surface area contributed by atoms with Crippen molar-refractivity contribution in [1.82, 2.24) is 20.1 Å². The number of carbonyl (C=O) groups is 1.